The quantitative estimate of drug-likeness (QED) is 0.386. The number of ketones is 1. The van der Waals surface area contributed by atoms with Crippen LogP contribution < -0.4 is 4.74 Å². The molecule has 1 aliphatic rings. The maximum absolute atomic E-state index is 12.6. The van der Waals surface area contributed by atoms with Crippen molar-refractivity contribution in [1.29, 1.82) is 0 Å². The van der Waals surface area contributed by atoms with Crippen LogP contribution in [0.25, 0.3) is 6.08 Å². The largest absolute Gasteiger partial charge is 0.497 e. The van der Waals surface area contributed by atoms with E-state index in [9.17, 15) is 9.59 Å². The van der Waals surface area contributed by atoms with Crippen molar-refractivity contribution >= 4 is 17.8 Å². The number of rotatable bonds is 8. The summed E-state index contributed by atoms with van der Waals surface area (Å²) in [6.07, 6.45) is 5.27. The number of methoxy groups -OCH3 is 1. The molecule has 0 saturated carbocycles. The summed E-state index contributed by atoms with van der Waals surface area (Å²) in [4.78, 5) is 24.5. The Bertz CT molecular complexity index is 889. The molecule has 0 unspecified atom stereocenters. The molecule has 0 bridgehead atoms. The van der Waals surface area contributed by atoms with Gasteiger partial charge in [0.1, 0.15) is 5.75 Å². The molecule has 0 spiro atoms. The van der Waals surface area contributed by atoms with E-state index in [0.29, 0.717) is 5.56 Å². The van der Waals surface area contributed by atoms with Gasteiger partial charge in [-0.2, -0.15) is 0 Å². The zero-order valence-electron chi connectivity index (χ0n) is 17.1. The summed E-state index contributed by atoms with van der Waals surface area (Å²) in [5, 5.41) is 0. The van der Waals surface area contributed by atoms with Crippen LogP contribution in [0.5, 0.6) is 5.75 Å². The van der Waals surface area contributed by atoms with Crippen LogP contribution in [0.3, 0.4) is 0 Å². The van der Waals surface area contributed by atoms with Crippen molar-refractivity contribution in [3.63, 3.8) is 0 Å². The third kappa shape index (κ3) is 5.35. The molecule has 1 atom stereocenters. The Kier molecular flexibility index (Phi) is 6.88. The number of hydrogen-bond donors (Lipinski definition) is 0. The van der Waals surface area contributed by atoms with Gasteiger partial charge in [-0.25, -0.2) is 4.79 Å². The van der Waals surface area contributed by atoms with Crippen LogP contribution in [-0.4, -0.2) is 42.7 Å². The highest BCUT2D eigenvalue weighted by molar-refractivity contribution is 6.00. The molecule has 6 heteroatoms. The minimum Gasteiger partial charge on any atom is -0.497 e. The molecule has 1 saturated heterocycles. The number of ether oxygens (including phenoxy) is 3. The first kappa shape index (κ1) is 20.9. The topological polar surface area (TPSA) is 66.8 Å². The maximum Gasteiger partial charge on any atom is 0.331 e. The number of hydrogen-bond acceptors (Lipinski definition) is 5. The Morgan fingerprint density at radius 2 is 2.00 bits per heavy atom. The second-order valence-corrected chi connectivity index (χ2v) is 7.17. The van der Waals surface area contributed by atoms with Gasteiger partial charge in [-0.3, -0.25) is 4.79 Å². The van der Waals surface area contributed by atoms with Crippen LogP contribution in [-0.2, 0) is 20.8 Å². The fourth-order valence-corrected chi connectivity index (χ4v) is 3.50. The molecule has 6 nitrogen and oxygen atoms in total. The van der Waals surface area contributed by atoms with Crippen LogP contribution in [0.1, 0.15) is 40.2 Å². The molecule has 2 heterocycles. The second-order valence-electron chi connectivity index (χ2n) is 7.17. The summed E-state index contributed by atoms with van der Waals surface area (Å²) < 4.78 is 18.0. The van der Waals surface area contributed by atoms with Gasteiger partial charge >= 0.3 is 5.97 Å². The molecule has 1 fully saturated rings. The third-order valence-electron chi connectivity index (χ3n) is 5.16. The molecule has 0 amide bonds. The van der Waals surface area contributed by atoms with E-state index in [1.54, 1.807) is 25.3 Å². The number of aryl methyl sites for hydroxylation is 1. The molecule has 1 aromatic heterocycles. The van der Waals surface area contributed by atoms with E-state index in [2.05, 4.69) is 4.57 Å². The Morgan fingerprint density at radius 1 is 1.24 bits per heavy atom. The van der Waals surface area contributed by atoms with Gasteiger partial charge in [-0.1, -0.05) is 12.1 Å². The average Bonchev–Trinajstić information content (AvgIpc) is 3.34. The van der Waals surface area contributed by atoms with Gasteiger partial charge < -0.3 is 18.8 Å². The zero-order valence-corrected chi connectivity index (χ0v) is 17.1. The van der Waals surface area contributed by atoms with E-state index in [1.807, 2.05) is 32.0 Å². The second kappa shape index (κ2) is 9.56. The van der Waals surface area contributed by atoms with E-state index in [4.69, 9.17) is 14.2 Å². The number of esters is 1. The number of benzene rings is 1. The number of aromatic nitrogens is 1. The van der Waals surface area contributed by atoms with Crippen molar-refractivity contribution in [2.45, 2.75) is 39.3 Å². The van der Waals surface area contributed by atoms with E-state index in [0.717, 1.165) is 48.7 Å². The molecule has 1 aromatic carbocycles. The van der Waals surface area contributed by atoms with Crippen LogP contribution in [0, 0.1) is 13.8 Å². The lowest BCUT2D eigenvalue weighted by molar-refractivity contribution is -0.136. The highest BCUT2D eigenvalue weighted by Crippen LogP contribution is 2.21. The monoisotopic (exact) mass is 397 g/mol. The maximum atomic E-state index is 12.6. The van der Waals surface area contributed by atoms with E-state index < -0.39 is 5.97 Å². The first-order chi connectivity index (χ1) is 14.0. The molecular weight excluding hydrogens is 370 g/mol. The summed E-state index contributed by atoms with van der Waals surface area (Å²) in [6.45, 7) is 5.16. The lowest BCUT2D eigenvalue weighted by Gasteiger charge is -2.14. The van der Waals surface area contributed by atoms with E-state index in [1.165, 1.54) is 6.08 Å². The minimum absolute atomic E-state index is 0.198. The van der Waals surface area contributed by atoms with Crippen LogP contribution in [0.4, 0.5) is 0 Å². The molecule has 154 valence electrons. The van der Waals surface area contributed by atoms with Crippen molar-refractivity contribution in [3.8, 4) is 5.75 Å². The van der Waals surface area contributed by atoms with Gasteiger partial charge in [0, 0.05) is 36.2 Å². The van der Waals surface area contributed by atoms with Crippen molar-refractivity contribution in [2.75, 3.05) is 20.3 Å². The van der Waals surface area contributed by atoms with Crippen molar-refractivity contribution in [2.24, 2.45) is 0 Å². The first-order valence-electron chi connectivity index (χ1n) is 9.78. The van der Waals surface area contributed by atoms with Gasteiger partial charge in [0.25, 0.3) is 0 Å². The molecule has 29 heavy (non-hydrogen) atoms. The summed E-state index contributed by atoms with van der Waals surface area (Å²) in [5.74, 6) is -0.0161. The van der Waals surface area contributed by atoms with Crippen molar-refractivity contribution in [1.82, 2.24) is 4.57 Å². The molecule has 0 radical (unpaired) electrons. The van der Waals surface area contributed by atoms with Gasteiger partial charge in [0.15, 0.2) is 6.61 Å². The number of nitrogens with zero attached hydrogens (tertiary/aromatic N) is 1. The number of carbonyl (C=O) groups is 2. The van der Waals surface area contributed by atoms with E-state index >= 15 is 0 Å². The van der Waals surface area contributed by atoms with Crippen molar-refractivity contribution in [3.05, 3.63) is 58.9 Å². The van der Waals surface area contributed by atoms with Gasteiger partial charge in [0.2, 0.25) is 5.78 Å². The Hall–Kier alpha value is -2.86. The molecule has 0 aliphatic carbocycles. The van der Waals surface area contributed by atoms with Crippen LogP contribution >= 0.6 is 0 Å². The predicted octanol–water partition coefficient (Wildman–Crippen LogP) is 3.73. The standard InChI is InChI=1S/C23H27NO5/c1-16-13-21(17(2)24(16)14-20-5-4-12-28-20)22(25)15-29-23(26)11-8-18-6-9-19(27-3)10-7-18/h6-11,13,20H,4-5,12,14-15H2,1-3H3/b11-8+/t20-/m1/s1. The van der Waals surface area contributed by atoms with Crippen molar-refractivity contribution < 1.29 is 23.8 Å². The highest BCUT2D eigenvalue weighted by atomic mass is 16.5. The average molecular weight is 397 g/mol. The van der Waals surface area contributed by atoms with Crippen LogP contribution in [0.15, 0.2) is 36.4 Å². The third-order valence-corrected chi connectivity index (χ3v) is 5.16. The minimum atomic E-state index is -0.553. The summed E-state index contributed by atoms with van der Waals surface area (Å²) in [5.41, 5.74) is 3.32. The first-order valence-corrected chi connectivity index (χ1v) is 9.78. The lowest BCUT2D eigenvalue weighted by atomic mass is 10.1. The molecule has 2 aromatic rings. The Balaban J connectivity index is 1.55. The molecule has 1 aliphatic heterocycles. The van der Waals surface area contributed by atoms with Crippen LogP contribution in [0.2, 0.25) is 0 Å². The molecular formula is C23H27NO5. The van der Waals surface area contributed by atoms with E-state index in [-0.39, 0.29) is 18.5 Å². The van der Waals surface area contributed by atoms with Gasteiger partial charge in [-0.05, 0) is 56.5 Å². The highest BCUT2D eigenvalue weighted by Gasteiger charge is 2.21. The predicted molar refractivity (Wildman–Crippen MR) is 110 cm³/mol. The molecule has 0 N–H and O–H groups in total. The van der Waals surface area contributed by atoms with Gasteiger partial charge in [-0.15, -0.1) is 0 Å². The fourth-order valence-electron chi connectivity index (χ4n) is 3.50. The molecule has 3 rings (SSSR count). The smallest absolute Gasteiger partial charge is 0.331 e. The lowest BCUT2D eigenvalue weighted by Crippen LogP contribution is -2.18. The SMILES string of the molecule is COc1ccc(/C=C/C(=O)OCC(=O)c2cc(C)n(C[C@H]3CCCO3)c2C)cc1. The fraction of sp³-hybridized carbons (Fsp3) is 0.391. The summed E-state index contributed by atoms with van der Waals surface area (Å²) in [6, 6.07) is 9.13. The Labute approximate surface area is 171 Å². The number of Topliss-reactive ketones (excluding diaryl/α,β-unsaturated/α-hetero) is 1. The Morgan fingerprint density at radius 3 is 2.66 bits per heavy atom. The summed E-state index contributed by atoms with van der Waals surface area (Å²) in [7, 11) is 1.60. The zero-order chi connectivity index (χ0) is 20.8. The summed E-state index contributed by atoms with van der Waals surface area (Å²) >= 11 is 0. The normalized spacial score (nSPS) is 16.3. The number of carbonyl (C=O) groups excluding carboxylic acids is 2. The van der Waals surface area contributed by atoms with Gasteiger partial charge in [0.05, 0.1) is 13.2 Å².